The number of hydrogen-bond donors (Lipinski definition) is 1. The van der Waals surface area contributed by atoms with Gasteiger partial charge in [-0.2, -0.15) is 0 Å². The number of methoxy groups -OCH3 is 2. The molecule has 1 heterocycles. The van der Waals surface area contributed by atoms with Crippen LogP contribution in [0.3, 0.4) is 0 Å². The van der Waals surface area contributed by atoms with Gasteiger partial charge in [-0.1, -0.05) is 68.1 Å². The molecule has 8 heteroatoms. The van der Waals surface area contributed by atoms with Gasteiger partial charge in [-0.15, -0.1) is 0 Å². The van der Waals surface area contributed by atoms with Crippen molar-refractivity contribution in [2.45, 2.75) is 50.1 Å². The highest BCUT2D eigenvalue weighted by Crippen LogP contribution is 2.32. The second kappa shape index (κ2) is 12.6. The maximum absolute atomic E-state index is 13.7. The van der Waals surface area contributed by atoms with Gasteiger partial charge in [0.05, 0.1) is 30.4 Å². The Balaban J connectivity index is 1.70. The number of aryl methyl sites for hydroxylation is 2. The summed E-state index contributed by atoms with van der Waals surface area (Å²) in [6, 6.07) is 21.2. The van der Waals surface area contributed by atoms with Crippen molar-refractivity contribution >= 4 is 34.3 Å². The number of amides is 1. The van der Waals surface area contributed by atoms with Crippen LogP contribution in [-0.4, -0.2) is 34.9 Å². The predicted octanol–water partition coefficient (Wildman–Crippen LogP) is 5.73. The Hall–Kier alpha value is -3.78. The Morgan fingerprint density at radius 3 is 2.29 bits per heavy atom. The number of carbonyl (C=O) groups is 1. The first-order valence-electron chi connectivity index (χ1n) is 12.7. The fourth-order valence-corrected chi connectivity index (χ4v) is 5.24. The van der Waals surface area contributed by atoms with E-state index in [4.69, 9.17) is 14.5 Å². The number of ether oxygens (including phenoxy) is 2. The zero-order chi connectivity index (χ0) is 27.1. The van der Waals surface area contributed by atoms with Crippen LogP contribution in [0.1, 0.15) is 31.4 Å². The molecule has 4 rings (SSSR count). The summed E-state index contributed by atoms with van der Waals surface area (Å²) in [5.41, 5.74) is 3.38. The summed E-state index contributed by atoms with van der Waals surface area (Å²) in [4.78, 5) is 31.8. The number of nitrogens with zero attached hydrogens (tertiary/aromatic N) is 2. The van der Waals surface area contributed by atoms with Gasteiger partial charge in [0.25, 0.3) is 5.56 Å². The lowest BCUT2D eigenvalue weighted by atomic mass is 10.1. The number of anilines is 1. The highest BCUT2D eigenvalue weighted by molar-refractivity contribution is 8.00. The molecule has 7 nitrogen and oxygen atoms in total. The molecule has 0 bridgehead atoms. The number of benzene rings is 3. The average molecular weight is 532 g/mol. The molecule has 3 aromatic carbocycles. The summed E-state index contributed by atoms with van der Waals surface area (Å²) in [6.07, 6.45) is 2.16. The number of thioether (sulfide) groups is 1. The first-order chi connectivity index (χ1) is 18.5. The van der Waals surface area contributed by atoms with Gasteiger partial charge < -0.3 is 14.8 Å². The maximum Gasteiger partial charge on any atom is 0.262 e. The largest absolute Gasteiger partial charge is 0.493 e. The molecule has 1 N–H and O–H groups in total. The van der Waals surface area contributed by atoms with Gasteiger partial charge in [-0.05, 0) is 48.6 Å². The highest BCUT2D eigenvalue weighted by atomic mass is 32.2. The number of rotatable bonds is 11. The van der Waals surface area contributed by atoms with E-state index in [0.29, 0.717) is 46.9 Å². The molecule has 38 heavy (non-hydrogen) atoms. The van der Waals surface area contributed by atoms with Crippen LogP contribution in [0.5, 0.6) is 11.5 Å². The summed E-state index contributed by atoms with van der Waals surface area (Å²) in [7, 11) is 3.08. The Labute approximate surface area is 227 Å². The van der Waals surface area contributed by atoms with Crippen molar-refractivity contribution in [2.24, 2.45) is 0 Å². The minimum absolute atomic E-state index is 0.127. The standard InChI is InChI=1S/C30H33N3O4S/c1-5-20-12-14-22(15-13-20)31-28(34)27(6-2)38-30-32-24-19-26(37-4)25(36-3)18-23(24)29(35)33(30)17-16-21-10-8-7-9-11-21/h7-15,18-19,27H,5-6,16-17H2,1-4H3,(H,31,34). The van der Waals surface area contributed by atoms with Gasteiger partial charge >= 0.3 is 0 Å². The van der Waals surface area contributed by atoms with Crippen molar-refractivity contribution < 1.29 is 14.3 Å². The second-order valence-electron chi connectivity index (χ2n) is 8.87. The van der Waals surface area contributed by atoms with E-state index in [-0.39, 0.29) is 11.5 Å². The van der Waals surface area contributed by atoms with Crippen molar-refractivity contribution in [1.29, 1.82) is 0 Å². The molecule has 0 aliphatic carbocycles. The molecule has 1 aromatic heterocycles. The summed E-state index contributed by atoms with van der Waals surface area (Å²) < 4.78 is 12.5. The third-order valence-electron chi connectivity index (χ3n) is 6.43. The van der Waals surface area contributed by atoms with E-state index in [2.05, 4.69) is 12.2 Å². The van der Waals surface area contributed by atoms with Crippen LogP contribution in [0.25, 0.3) is 10.9 Å². The first-order valence-corrected chi connectivity index (χ1v) is 13.6. The monoisotopic (exact) mass is 531 g/mol. The molecule has 0 fully saturated rings. The fraction of sp³-hybridized carbons (Fsp3) is 0.300. The van der Waals surface area contributed by atoms with Crippen LogP contribution in [0.2, 0.25) is 0 Å². The van der Waals surface area contributed by atoms with Crippen LogP contribution in [0.15, 0.2) is 76.7 Å². The van der Waals surface area contributed by atoms with Crippen molar-refractivity contribution in [1.82, 2.24) is 9.55 Å². The molecule has 0 radical (unpaired) electrons. The number of nitrogens with one attached hydrogen (secondary N) is 1. The van der Waals surface area contributed by atoms with E-state index in [1.165, 1.54) is 24.4 Å². The third kappa shape index (κ3) is 6.19. The van der Waals surface area contributed by atoms with Crippen molar-refractivity contribution in [2.75, 3.05) is 19.5 Å². The highest BCUT2D eigenvalue weighted by Gasteiger charge is 2.23. The van der Waals surface area contributed by atoms with Gasteiger partial charge in [0, 0.05) is 18.3 Å². The van der Waals surface area contributed by atoms with E-state index in [9.17, 15) is 9.59 Å². The minimum atomic E-state index is -0.437. The molecule has 0 spiro atoms. The Kier molecular flexibility index (Phi) is 9.07. The molecule has 0 saturated heterocycles. The molecule has 1 amide bonds. The first kappa shape index (κ1) is 27.3. The van der Waals surface area contributed by atoms with Crippen molar-refractivity contribution in [3.63, 3.8) is 0 Å². The maximum atomic E-state index is 13.7. The fourth-order valence-electron chi connectivity index (χ4n) is 4.20. The second-order valence-corrected chi connectivity index (χ2v) is 10.0. The summed E-state index contributed by atoms with van der Waals surface area (Å²) in [5, 5.41) is 3.51. The zero-order valence-corrected chi connectivity index (χ0v) is 23.0. The molecule has 0 saturated carbocycles. The van der Waals surface area contributed by atoms with E-state index < -0.39 is 5.25 Å². The number of hydrogen-bond acceptors (Lipinski definition) is 6. The van der Waals surface area contributed by atoms with Crippen LogP contribution in [-0.2, 0) is 24.2 Å². The molecule has 198 valence electrons. The van der Waals surface area contributed by atoms with Gasteiger partial charge in [-0.25, -0.2) is 4.98 Å². The van der Waals surface area contributed by atoms with Crippen LogP contribution in [0, 0.1) is 0 Å². The van der Waals surface area contributed by atoms with E-state index in [0.717, 1.165) is 17.7 Å². The topological polar surface area (TPSA) is 82.5 Å². The molecular weight excluding hydrogens is 498 g/mol. The zero-order valence-electron chi connectivity index (χ0n) is 22.2. The SMILES string of the molecule is CCc1ccc(NC(=O)C(CC)Sc2nc3cc(OC)c(OC)cc3c(=O)n2CCc2ccccc2)cc1. The van der Waals surface area contributed by atoms with Gasteiger partial charge in [0.1, 0.15) is 0 Å². The average Bonchev–Trinajstić information content (AvgIpc) is 2.95. The molecule has 0 aliphatic rings. The number of fused-ring (bicyclic) bond motifs is 1. The molecule has 1 unspecified atom stereocenters. The Morgan fingerprint density at radius 1 is 0.974 bits per heavy atom. The summed E-state index contributed by atoms with van der Waals surface area (Å²) in [5.74, 6) is 0.831. The van der Waals surface area contributed by atoms with Gasteiger partial charge in [0.2, 0.25) is 5.91 Å². The summed E-state index contributed by atoms with van der Waals surface area (Å²) >= 11 is 1.31. The minimum Gasteiger partial charge on any atom is -0.493 e. The van der Waals surface area contributed by atoms with E-state index >= 15 is 0 Å². The van der Waals surface area contributed by atoms with Crippen LogP contribution in [0.4, 0.5) is 5.69 Å². The lowest BCUT2D eigenvalue weighted by Crippen LogP contribution is -2.28. The van der Waals surface area contributed by atoms with Gasteiger partial charge in [0.15, 0.2) is 16.7 Å². The molecule has 1 atom stereocenters. The van der Waals surface area contributed by atoms with Crippen molar-refractivity contribution in [3.05, 3.63) is 88.2 Å². The Bertz CT molecular complexity index is 1450. The molecule has 4 aromatic rings. The quantitative estimate of drug-likeness (QED) is 0.197. The summed E-state index contributed by atoms with van der Waals surface area (Å²) in [6.45, 7) is 4.48. The normalized spacial score (nSPS) is 11.8. The van der Waals surface area contributed by atoms with Gasteiger partial charge in [-0.3, -0.25) is 14.2 Å². The van der Waals surface area contributed by atoms with E-state index in [1.807, 2.05) is 61.5 Å². The lowest BCUT2D eigenvalue weighted by Gasteiger charge is -2.19. The Morgan fingerprint density at radius 2 is 1.66 bits per heavy atom. The van der Waals surface area contributed by atoms with E-state index in [1.54, 1.807) is 23.8 Å². The smallest absolute Gasteiger partial charge is 0.262 e. The lowest BCUT2D eigenvalue weighted by molar-refractivity contribution is -0.115. The number of aromatic nitrogens is 2. The third-order valence-corrected chi connectivity index (χ3v) is 7.79. The number of carbonyl (C=O) groups excluding carboxylic acids is 1. The van der Waals surface area contributed by atoms with Crippen molar-refractivity contribution in [3.8, 4) is 11.5 Å². The predicted molar refractivity (Wildman–Crippen MR) is 154 cm³/mol. The molecular formula is C30H33N3O4S. The van der Waals surface area contributed by atoms with Crippen LogP contribution >= 0.6 is 11.8 Å². The van der Waals surface area contributed by atoms with Crippen LogP contribution < -0.4 is 20.3 Å². The molecule has 0 aliphatic heterocycles.